The van der Waals surface area contributed by atoms with Crippen molar-refractivity contribution >= 4 is 11.9 Å². The van der Waals surface area contributed by atoms with Gasteiger partial charge in [0.1, 0.15) is 5.82 Å². The van der Waals surface area contributed by atoms with E-state index >= 15 is 0 Å². The van der Waals surface area contributed by atoms with Gasteiger partial charge in [0.15, 0.2) is 0 Å². The SMILES string of the molecule is O=C(Cc1ccc(F)cc1)NCN1CCCC(C(=O)O)C1. The summed E-state index contributed by atoms with van der Waals surface area (Å²) in [4.78, 5) is 24.7. The van der Waals surface area contributed by atoms with Gasteiger partial charge in [-0.25, -0.2) is 4.39 Å². The molecule has 0 bridgehead atoms. The highest BCUT2D eigenvalue weighted by Gasteiger charge is 2.25. The maximum absolute atomic E-state index is 12.8. The number of likely N-dealkylation sites (tertiary alicyclic amines) is 1. The molecule has 1 saturated heterocycles. The summed E-state index contributed by atoms with van der Waals surface area (Å²) in [6, 6.07) is 5.81. The van der Waals surface area contributed by atoms with Crippen LogP contribution in [0.15, 0.2) is 24.3 Å². The predicted octanol–water partition coefficient (Wildman–Crippen LogP) is 1.24. The molecule has 0 spiro atoms. The van der Waals surface area contributed by atoms with E-state index in [1.54, 1.807) is 12.1 Å². The first-order chi connectivity index (χ1) is 10.0. The van der Waals surface area contributed by atoms with Crippen LogP contribution in [0.4, 0.5) is 4.39 Å². The maximum atomic E-state index is 12.8. The van der Waals surface area contributed by atoms with Crippen molar-refractivity contribution in [3.63, 3.8) is 0 Å². The minimum atomic E-state index is -0.780. The molecule has 1 amide bonds. The molecule has 0 radical (unpaired) electrons. The summed E-state index contributed by atoms with van der Waals surface area (Å²) < 4.78 is 12.8. The van der Waals surface area contributed by atoms with Crippen molar-refractivity contribution in [2.24, 2.45) is 5.92 Å². The number of carbonyl (C=O) groups is 2. The monoisotopic (exact) mass is 294 g/mol. The molecule has 1 aromatic rings. The lowest BCUT2D eigenvalue weighted by molar-refractivity contribution is -0.143. The van der Waals surface area contributed by atoms with Gasteiger partial charge < -0.3 is 10.4 Å². The molecule has 2 N–H and O–H groups in total. The molecule has 1 aliphatic rings. The topological polar surface area (TPSA) is 69.6 Å². The molecule has 1 fully saturated rings. The summed E-state index contributed by atoms with van der Waals surface area (Å²) in [7, 11) is 0. The summed E-state index contributed by atoms with van der Waals surface area (Å²) in [5.41, 5.74) is 0.746. The molecule has 6 heteroatoms. The molecule has 21 heavy (non-hydrogen) atoms. The van der Waals surface area contributed by atoms with Crippen molar-refractivity contribution in [3.05, 3.63) is 35.6 Å². The van der Waals surface area contributed by atoms with Crippen LogP contribution in [0, 0.1) is 11.7 Å². The first-order valence-electron chi connectivity index (χ1n) is 7.01. The Morgan fingerprint density at radius 3 is 2.71 bits per heavy atom. The number of carboxylic acid groups (broad SMARTS) is 1. The van der Waals surface area contributed by atoms with E-state index in [-0.39, 0.29) is 24.1 Å². The number of halogens is 1. The molecule has 1 heterocycles. The van der Waals surface area contributed by atoms with Crippen LogP contribution < -0.4 is 5.32 Å². The molecule has 0 aromatic heterocycles. The van der Waals surface area contributed by atoms with Crippen LogP contribution in [0.1, 0.15) is 18.4 Å². The lowest BCUT2D eigenvalue weighted by atomic mass is 9.99. The molecule has 1 unspecified atom stereocenters. The number of hydrogen-bond acceptors (Lipinski definition) is 3. The predicted molar refractivity (Wildman–Crippen MR) is 75.0 cm³/mol. The highest BCUT2D eigenvalue weighted by Crippen LogP contribution is 2.15. The summed E-state index contributed by atoms with van der Waals surface area (Å²) in [6.45, 7) is 1.61. The van der Waals surface area contributed by atoms with Gasteiger partial charge in [0.05, 0.1) is 19.0 Å². The van der Waals surface area contributed by atoms with Gasteiger partial charge in [0.2, 0.25) is 5.91 Å². The minimum Gasteiger partial charge on any atom is -0.481 e. The van der Waals surface area contributed by atoms with Crippen molar-refractivity contribution in [1.29, 1.82) is 0 Å². The molecular formula is C15H19FN2O3. The van der Waals surface area contributed by atoms with E-state index in [4.69, 9.17) is 5.11 Å². The fourth-order valence-corrected chi connectivity index (χ4v) is 2.45. The lowest BCUT2D eigenvalue weighted by Gasteiger charge is -2.30. The zero-order valence-electron chi connectivity index (χ0n) is 11.7. The first kappa shape index (κ1) is 15.4. The Balaban J connectivity index is 1.76. The Morgan fingerprint density at radius 1 is 1.33 bits per heavy atom. The molecule has 1 aliphatic heterocycles. The van der Waals surface area contributed by atoms with E-state index < -0.39 is 5.97 Å². The summed E-state index contributed by atoms with van der Waals surface area (Å²) in [5, 5.41) is 11.8. The van der Waals surface area contributed by atoms with Gasteiger partial charge >= 0.3 is 5.97 Å². The summed E-state index contributed by atoms with van der Waals surface area (Å²) in [5.74, 6) is -1.61. The third-order valence-electron chi connectivity index (χ3n) is 3.63. The Hall–Kier alpha value is -1.95. The largest absolute Gasteiger partial charge is 0.481 e. The first-order valence-corrected chi connectivity index (χ1v) is 7.01. The van der Waals surface area contributed by atoms with E-state index in [1.807, 2.05) is 4.90 Å². The van der Waals surface area contributed by atoms with Crippen molar-refractivity contribution in [1.82, 2.24) is 10.2 Å². The zero-order chi connectivity index (χ0) is 15.2. The normalized spacial score (nSPS) is 19.2. The Bertz CT molecular complexity index is 504. The van der Waals surface area contributed by atoms with E-state index in [0.29, 0.717) is 19.6 Å². The van der Waals surface area contributed by atoms with E-state index in [1.165, 1.54) is 12.1 Å². The molecule has 0 aliphatic carbocycles. The minimum absolute atomic E-state index is 0.154. The number of carboxylic acids is 1. The molecular weight excluding hydrogens is 275 g/mol. The van der Waals surface area contributed by atoms with Crippen LogP contribution in [-0.2, 0) is 16.0 Å². The van der Waals surface area contributed by atoms with Gasteiger partial charge in [-0.3, -0.25) is 14.5 Å². The standard InChI is InChI=1S/C15H19FN2O3/c16-13-5-3-11(4-6-13)8-14(19)17-10-18-7-1-2-12(9-18)15(20)21/h3-6,12H,1-2,7-10H2,(H,17,19)(H,20,21). The number of hydrogen-bond donors (Lipinski definition) is 2. The van der Waals surface area contributed by atoms with Crippen molar-refractivity contribution in [2.45, 2.75) is 19.3 Å². The molecule has 5 nitrogen and oxygen atoms in total. The van der Waals surface area contributed by atoms with Crippen LogP contribution in [0.5, 0.6) is 0 Å². The van der Waals surface area contributed by atoms with Crippen LogP contribution in [-0.4, -0.2) is 41.6 Å². The smallest absolute Gasteiger partial charge is 0.307 e. The number of nitrogens with zero attached hydrogens (tertiary/aromatic N) is 1. The summed E-state index contributed by atoms with van der Waals surface area (Å²) in [6.07, 6.45) is 1.70. The number of piperidine rings is 1. The van der Waals surface area contributed by atoms with Crippen molar-refractivity contribution in [3.8, 4) is 0 Å². The fourth-order valence-electron chi connectivity index (χ4n) is 2.45. The quantitative estimate of drug-likeness (QED) is 0.857. The number of nitrogens with one attached hydrogen (secondary N) is 1. The number of aliphatic carboxylic acids is 1. The average molecular weight is 294 g/mol. The fraction of sp³-hybridized carbons (Fsp3) is 0.467. The third-order valence-corrected chi connectivity index (χ3v) is 3.63. The maximum Gasteiger partial charge on any atom is 0.307 e. The van der Waals surface area contributed by atoms with E-state index in [9.17, 15) is 14.0 Å². The number of carbonyl (C=O) groups excluding carboxylic acids is 1. The molecule has 1 atom stereocenters. The van der Waals surface area contributed by atoms with Crippen LogP contribution in [0.3, 0.4) is 0 Å². The average Bonchev–Trinajstić information content (AvgIpc) is 2.48. The van der Waals surface area contributed by atoms with Crippen LogP contribution in [0.2, 0.25) is 0 Å². The highest BCUT2D eigenvalue weighted by atomic mass is 19.1. The van der Waals surface area contributed by atoms with Crippen LogP contribution in [0.25, 0.3) is 0 Å². The van der Waals surface area contributed by atoms with Gasteiger partial charge in [-0.05, 0) is 37.1 Å². The third kappa shape index (κ3) is 4.82. The number of rotatable bonds is 5. The molecule has 2 rings (SSSR count). The van der Waals surface area contributed by atoms with Gasteiger partial charge in [0.25, 0.3) is 0 Å². The van der Waals surface area contributed by atoms with E-state index in [0.717, 1.165) is 18.5 Å². The second-order valence-corrected chi connectivity index (χ2v) is 5.32. The molecule has 114 valence electrons. The second-order valence-electron chi connectivity index (χ2n) is 5.32. The van der Waals surface area contributed by atoms with Gasteiger partial charge in [0, 0.05) is 6.54 Å². The van der Waals surface area contributed by atoms with Gasteiger partial charge in [-0.15, -0.1) is 0 Å². The summed E-state index contributed by atoms with van der Waals surface area (Å²) >= 11 is 0. The number of benzene rings is 1. The van der Waals surface area contributed by atoms with Crippen molar-refractivity contribution < 1.29 is 19.1 Å². The Kier molecular flexibility index (Phi) is 5.27. The number of amides is 1. The van der Waals surface area contributed by atoms with Crippen molar-refractivity contribution in [2.75, 3.05) is 19.8 Å². The van der Waals surface area contributed by atoms with E-state index in [2.05, 4.69) is 5.32 Å². The highest BCUT2D eigenvalue weighted by molar-refractivity contribution is 5.78. The zero-order valence-corrected chi connectivity index (χ0v) is 11.7. The lowest BCUT2D eigenvalue weighted by Crippen LogP contribution is -2.45. The second kappa shape index (κ2) is 7.17. The Labute approximate surface area is 122 Å². The molecule has 0 saturated carbocycles. The van der Waals surface area contributed by atoms with Gasteiger partial charge in [-0.2, -0.15) is 0 Å². The van der Waals surface area contributed by atoms with Gasteiger partial charge in [-0.1, -0.05) is 12.1 Å². The Morgan fingerprint density at radius 2 is 2.05 bits per heavy atom. The molecule has 1 aromatic carbocycles. The van der Waals surface area contributed by atoms with Crippen LogP contribution >= 0.6 is 0 Å².